The van der Waals surface area contributed by atoms with Gasteiger partial charge in [-0.05, 0) is 64.0 Å². The molecule has 2 rings (SSSR count). The molecule has 2 saturated heterocycles. The molecule has 2 heterocycles. The molecule has 2 aliphatic rings. The number of nitrogens with zero attached hydrogens (tertiary/aromatic N) is 1. The lowest BCUT2D eigenvalue weighted by molar-refractivity contribution is 0.0126. The molecule has 0 bridgehead atoms. The Kier molecular flexibility index (Phi) is 3.57. The highest BCUT2D eigenvalue weighted by Gasteiger charge is 2.46. The number of hydrogen-bond acceptors (Lipinski definition) is 2. The molecular weight excluding hydrogens is 222 g/mol. The molecule has 0 radical (unpaired) electrons. The molecule has 106 valence electrons. The van der Waals surface area contributed by atoms with Crippen LogP contribution >= 0.6 is 0 Å². The highest BCUT2D eigenvalue weighted by atomic mass is 16.5. The van der Waals surface area contributed by atoms with Crippen LogP contribution in [0.1, 0.15) is 60.8 Å². The minimum absolute atomic E-state index is 0.296. The molecule has 0 aromatic carbocycles. The minimum Gasteiger partial charge on any atom is -0.377 e. The first-order valence-electron chi connectivity index (χ1n) is 7.49. The van der Waals surface area contributed by atoms with Crippen molar-refractivity contribution in [1.29, 1.82) is 0 Å². The van der Waals surface area contributed by atoms with Crippen LogP contribution in [0.3, 0.4) is 0 Å². The summed E-state index contributed by atoms with van der Waals surface area (Å²) in [6.07, 6.45) is 4.36. The van der Waals surface area contributed by atoms with E-state index in [0.717, 1.165) is 6.61 Å². The molecule has 2 nitrogen and oxygen atoms in total. The monoisotopic (exact) mass is 253 g/mol. The highest BCUT2D eigenvalue weighted by molar-refractivity contribution is 4.97. The molecule has 0 aromatic rings. The van der Waals surface area contributed by atoms with Crippen LogP contribution in [0, 0.1) is 10.8 Å². The molecule has 2 aliphatic heterocycles. The molecule has 1 spiro atoms. The summed E-state index contributed by atoms with van der Waals surface area (Å²) < 4.78 is 6.11. The second-order valence-corrected chi connectivity index (χ2v) is 8.53. The standard InChI is InChI=1S/C16H31NO/c1-14(2,3)13-11-16(12-18-13)7-9-17(10-8-16)15(4,5)6/h13H,7-12H2,1-6H3. The zero-order chi connectivity index (χ0) is 13.6. The molecule has 0 amide bonds. The van der Waals surface area contributed by atoms with Gasteiger partial charge in [0.15, 0.2) is 0 Å². The highest BCUT2D eigenvalue weighted by Crippen LogP contribution is 2.46. The first-order chi connectivity index (χ1) is 8.12. The number of ether oxygens (including phenoxy) is 1. The van der Waals surface area contributed by atoms with Gasteiger partial charge in [-0.25, -0.2) is 0 Å². The maximum absolute atomic E-state index is 6.11. The van der Waals surface area contributed by atoms with Gasteiger partial charge in [-0.3, -0.25) is 4.90 Å². The molecule has 1 unspecified atom stereocenters. The Hall–Kier alpha value is -0.0800. The van der Waals surface area contributed by atoms with Crippen molar-refractivity contribution >= 4 is 0 Å². The van der Waals surface area contributed by atoms with Crippen molar-refractivity contribution in [3.63, 3.8) is 0 Å². The SMILES string of the molecule is CC(C)(C)C1CC2(CCN(C(C)(C)C)CC2)CO1. The van der Waals surface area contributed by atoms with E-state index in [4.69, 9.17) is 4.74 Å². The van der Waals surface area contributed by atoms with Gasteiger partial charge < -0.3 is 4.74 Å². The van der Waals surface area contributed by atoms with E-state index in [2.05, 4.69) is 46.4 Å². The van der Waals surface area contributed by atoms with E-state index in [1.54, 1.807) is 0 Å². The smallest absolute Gasteiger partial charge is 0.0629 e. The average molecular weight is 253 g/mol. The van der Waals surface area contributed by atoms with E-state index in [-0.39, 0.29) is 0 Å². The van der Waals surface area contributed by atoms with Crippen LogP contribution in [0.4, 0.5) is 0 Å². The van der Waals surface area contributed by atoms with Crippen molar-refractivity contribution < 1.29 is 4.74 Å². The molecule has 0 saturated carbocycles. The summed E-state index contributed by atoms with van der Waals surface area (Å²) in [5.41, 5.74) is 1.11. The fourth-order valence-corrected chi connectivity index (χ4v) is 3.35. The number of hydrogen-bond donors (Lipinski definition) is 0. The largest absolute Gasteiger partial charge is 0.377 e. The molecule has 0 N–H and O–H groups in total. The van der Waals surface area contributed by atoms with Gasteiger partial charge in [0.1, 0.15) is 0 Å². The first-order valence-corrected chi connectivity index (χ1v) is 7.49. The molecule has 0 aliphatic carbocycles. The van der Waals surface area contributed by atoms with Gasteiger partial charge in [-0.15, -0.1) is 0 Å². The van der Waals surface area contributed by atoms with Crippen LogP contribution < -0.4 is 0 Å². The van der Waals surface area contributed by atoms with Crippen molar-refractivity contribution in [2.75, 3.05) is 19.7 Å². The van der Waals surface area contributed by atoms with Crippen LogP contribution in [0.5, 0.6) is 0 Å². The van der Waals surface area contributed by atoms with Crippen LogP contribution in [-0.2, 0) is 4.74 Å². The maximum Gasteiger partial charge on any atom is 0.0629 e. The van der Waals surface area contributed by atoms with E-state index in [9.17, 15) is 0 Å². The zero-order valence-corrected chi connectivity index (χ0v) is 13.2. The number of piperidine rings is 1. The second-order valence-electron chi connectivity index (χ2n) is 8.53. The molecule has 2 fully saturated rings. The topological polar surface area (TPSA) is 12.5 Å². The van der Waals surface area contributed by atoms with Gasteiger partial charge in [0.25, 0.3) is 0 Å². The van der Waals surface area contributed by atoms with Crippen molar-refractivity contribution in [2.24, 2.45) is 10.8 Å². The quantitative estimate of drug-likeness (QED) is 0.652. The second kappa shape index (κ2) is 4.49. The Bertz CT molecular complexity index is 289. The fraction of sp³-hybridized carbons (Fsp3) is 1.00. The molecule has 0 aromatic heterocycles. The first kappa shape index (κ1) is 14.3. The fourth-order valence-electron chi connectivity index (χ4n) is 3.35. The summed E-state index contributed by atoms with van der Waals surface area (Å²) in [6, 6.07) is 0. The van der Waals surface area contributed by atoms with E-state index < -0.39 is 0 Å². The third kappa shape index (κ3) is 2.91. The zero-order valence-electron chi connectivity index (χ0n) is 13.2. The van der Waals surface area contributed by atoms with Crippen molar-refractivity contribution in [1.82, 2.24) is 4.90 Å². The van der Waals surface area contributed by atoms with Crippen LogP contribution in [0.15, 0.2) is 0 Å². The van der Waals surface area contributed by atoms with Crippen LogP contribution in [-0.4, -0.2) is 36.2 Å². The molecule has 18 heavy (non-hydrogen) atoms. The van der Waals surface area contributed by atoms with E-state index in [1.807, 2.05) is 0 Å². The van der Waals surface area contributed by atoms with Gasteiger partial charge >= 0.3 is 0 Å². The minimum atomic E-state index is 0.296. The van der Waals surface area contributed by atoms with Gasteiger partial charge in [0, 0.05) is 5.54 Å². The predicted molar refractivity (Wildman–Crippen MR) is 76.8 cm³/mol. The summed E-state index contributed by atoms with van der Waals surface area (Å²) in [7, 11) is 0. The number of rotatable bonds is 0. The maximum atomic E-state index is 6.11. The Morgan fingerprint density at radius 2 is 1.56 bits per heavy atom. The summed E-state index contributed by atoms with van der Waals surface area (Å²) in [5.74, 6) is 0. The normalized spacial score (nSPS) is 30.0. The Morgan fingerprint density at radius 3 is 1.94 bits per heavy atom. The van der Waals surface area contributed by atoms with Crippen molar-refractivity contribution in [2.45, 2.75) is 72.4 Å². The third-order valence-corrected chi connectivity index (χ3v) is 4.95. The molecular formula is C16H31NO. The predicted octanol–water partition coefficient (Wildman–Crippen LogP) is 3.70. The Balaban J connectivity index is 1.94. The van der Waals surface area contributed by atoms with Gasteiger partial charge in [-0.2, -0.15) is 0 Å². The lowest BCUT2D eigenvalue weighted by atomic mass is 9.72. The lowest BCUT2D eigenvalue weighted by Gasteiger charge is -2.45. The summed E-state index contributed by atoms with van der Waals surface area (Å²) in [5, 5.41) is 0. The van der Waals surface area contributed by atoms with Crippen molar-refractivity contribution in [3.05, 3.63) is 0 Å². The van der Waals surface area contributed by atoms with Gasteiger partial charge in [0.05, 0.1) is 12.7 Å². The Morgan fingerprint density at radius 1 is 1.00 bits per heavy atom. The third-order valence-electron chi connectivity index (χ3n) is 4.95. The van der Waals surface area contributed by atoms with Gasteiger partial charge in [-0.1, -0.05) is 20.8 Å². The summed E-state index contributed by atoms with van der Waals surface area (Å²) in [6.45, 7) is 17.4. The van der Waals surface area contributed by atoms with E-state index >= 15 is 0 Å². The average Bonchev–Trinajstić information content (AvgIpc) is 2.61. The lowest BCUT2D eigenvalue weighted by Crippen LogP contribution is -2.49. The van der Waals surface area contributed by atoms with Gasteiger partial charge in [0.2, 0.25) is 0 Å². The van der Waals surface area contributed by atoms with Crippen molar-refractivity contribution in [3.8, 4) is 0 Å². The number of likely N-dealkylation sites (tertiary alicyclic amines) is 1. The summed E-state index contributed by atoms with van der Waals surface area (Å²) in [4.78, 5) is 2.63. The summed E-state index contributed by atoms with van der Waals surface area (Å²) >= 11 is 0. The van der Waals surface area contributed by atoms with E-state index in [0.29, 0.717) is 22.5 Å². The molecule has 1 atom stereocenters. The van der Waals surface area contributed by atoms with Crippen LogP contribution in [0.2, 0.25) is 0 Å². The molecule has 2 heteroatoms. The van der Waals surface area contributed by atoms with Crippen LogP contribution in [0.25, 0.3) is 0 Å². The van der Waals surface area contributed by atoms with E-state index in [1.165, 1.54) is 32.4 Å². The Labute approximate surface area is 113 Å².